The van der Waals surface area contributed by atoms with Crippen LogP contribution in [0.15, 0.2) is 0 Å². The van der Waals surface area contributed by atoms with Gasteiger partial charge in [0.1, 0.15) is 0 Å². The van der Waals surface area contributed by atoms with E-state index in [1.54, 1.807) is 0 Å². The van der Waals surface area contributed by atoms with Crippen molar-refractivity contribution in [3.8, 4) is 0 Å². The van der Waals surface area contributed by atoms with Gasteiger partial charge in [-0.05, 0) is 19.3 Å². The normalized spacial score (nSPS) is 10.9. The molecule has 0 aliphatic rings. The zero-order chi connectivity index (χ0) is 21.4. The van der Waals surface area contributed by atoms with Crippen molar-refractivity contribution in [1.82, 2.24) is 0 Å². The number of amides is 1. The van der Waals surface area contributed by atoms with Crippen LogP contribution in [0.2, 0.25) is 0 Å². The van der Waals surface area contributed by atoms with Gasteiger partial charge in [-0.3, -0.25) is 9.59 Å². The highest BCUT2D eigenvalue weighted by Crippen LogP contribution is 2.13. The zero-order valence-corrected chi connectivity index (χ0v) is 19.4. The molecule has 1 amide bonds. The van der Waals surface area contributed by atoms with Crippen LogP contribution >= 0.6 is 0 Å². The van der Waals surface area contributed by atoms with Gasteiger partial charge in [0.05, 0.1) is 6.61 Å². The van der Waals surface area contributed by atoms with Crippen LogP contribution in [0, 0.1) is 0 Å². The lowest BCUT2D eigenvalue weighted by molar-refractivity contribution is -0.143. The molecule has 0 aliphatic heterocycles. The maximum atomic E-state index is 11.6. The van der Waals surface area contributed by atoms with Crippen LogP contribution in [0.25, 0.3) is 0 Å². The minimum Gasteiger partial charge on any atom is -0.466 e. The first-order chi connectivity index (χ1) is 14.2. The molecule has 0 saturated carbocycles. The Kier molecular flexibility index (Phi) is 22.4. The van der Waals surface area contributed by atoms with Gasteiger partial charge in [-0.1, -0.05) is 110 Å². The Morgan fingerprint density at radius 3 is 1.38 bits per heavy atom. The number of hydrogen-bond donors (Lipinski definition) is 1. The predicted octanol–water partition coefficient (Wildman–Crippen LogP) is 7.23. The highest BCUT2D eigenvalue weighted by atomic mass is 16.5. The van der Waals surface area contributed by atoms with Gasteiger partial charge in [-0.2, -0.15) is 0 Å². The topological polar surface area (TPSA) is 69.4 Å². The highest BCUT2D eigenvalue weighted by molar-refractivity contribution is 5.73. The summed E-state index contributed by atoms with van der Waals surface area (Å²) in [5.41, 5.74) is 5.08. The van der Waals surface area contributed by atoms with E-state index in [0.29, 0.717) is 19.4 Å². The summed E-state index contributed by atoms with van der Waals surface area (Å²) >= 11 is 0. The molecular formula is C25H49NO3. The molecule has 29 heavy (non-hydrogen) atoms. The summed E-state index contributed by atoms with van der Waals surface area (Å²) in [5.74, 6) is -0.374. The third-order valence-electron chi connectivity index (χ3n) is 5.57. The zero-order valence-electron chi connectivity index (χ0n) is 19.4. The van der Waals surface area contributed by atoms with Gasteiger partial charge >= 0.3 is 5.97 Å². The molecule has 2 N–H and O–H groups in total. The van der Waals surface area contributed by atoms with E-state index in [1.807, 2.05) is 0 Å². The second-order valence-corrected chi connectivity index (χ2v) is 8.55. The second kappa shape index (κ2) is 23.2. The summed E-state index contributed by atoms with van der Waals surface area (Å²) in [6.45, 7) is 2.83. The summed E-state index contributed by atoms with van der Waals surface area (Å²) in [6, 6.07) is 0. The SMILES string of the molecule is CCCCCCCCCCCCCCCCCCOC(=O)CCCCCC(N)=O. The van der Waals surface area contributed by atoms with E-state index in [2.05, 4.69) is 6.92 Å². The van der Waals surface area contributed by atoms with Crippen LogP contribution in [0.5, 0.6) is 0 Å². The van der Waals surface area contributed by atoms with Crippen LogP contribution in [0.3, 0.4) is 0 Å². The Balaban J connectivity index is 3.12. The van der Waals surface area contributed by atoms with Crippen LogP contribution in [0.1, 0.15) is 142 Å². The molecule has 0 aromatic carbocycles. The van der Waals surface area contributed by atoms with Crippen LogP contribution in [-0.2, 0) is 14.3 Å². The van der Waals surface area contributed by atoms with Crippen molar-refractivity contribution < 1.29 is 14.3 Å². The maximum Gasteiger partial charge on any atom is 0.305 e. The first-order valence-electron chi connectivity index (χ1n) is 12.6. The molecule has 0 rings (SSSR count). The molecule has 0 bridgehead atoms. The molecule has 0 radical (unpaired) electrons. The van der Waals surface area contributed by atoms with E-state index in [1.165, 1.54) is 89.9 Å². The van der Waals surface area contributed by atoms with E-state index in [0.717, 1.165) is 32.1 Å². The smallest absolute Gasteiger partial charge is 0.305 e. The lowest BCUT2D eigenvalue weighted by Gasteiger charge is -2.05. The molecule has 0 atom stereocenters. The second-order valence-electron chi connectivity index (χ2n) is 8.55. The Morgan fingerprint density at radius 1 is 0.552 bits per heavy atom. The molecule has 0 aliphatic carbocycles. The standard InChI is InChI=1S/C25H49NO3/c1-2-3-4-5-6-7-8-9-10-11-12-13-14-15-16-20-23-29-25(28)22-19-17-18-21-24(26)27/h2-23H2,1H3,(H2,26,27). The summed E-state index contributed by atoms with van der Waals surface area (Å²) in [6.07, 6.45) is 24.8. The average Bonchev–Trinajstić information content (AvgIpc) is 2.69. The first kappa shape index (κ1) is 27.9. The molecule has 0 aromatic rings. The summed E-state index contributed by atoms with van der Waals surface area (Å²) in [4.78, 5) is 22.2. The Morgan fingerprint density at radius 2 is 0.931 bits per heavy atom. The third-order valence-corrected chi connectivity index (χ3v) is 5.57. The van der Waals surface area contributed by atoms with Crippen LogP contribution < -0.4 is 5.73 Å². The molecule has 172 valence electrons. The van der Waals surface area contributed by atoms with E-state index in [4.69, 9.17) is 10.5 Å². The van der Waals surface area contributed by atoms with Gasteiger partial charge in [0.25, 0.3) is 0 Å². The Labute approximate surface area is 180 Å². The van der Waals surface area contributed by atoms with Gasteiger partial charge in [0.2, 0.25) is 5.91 Å². The summed E-state index contributed by atoms with van der Waals surface area (Å²) in [7, 11) is 0. The van der Waals surface area contributed by atoms with Crippen LogP contribution in [0.4, 0.5) is 0 Å². The van der Waals surface area contributed by atoms with Gasteiger partial charge in [-0.25, -0.2) is 0 Å². The Hall–Kier alpha value is -1.06. The minimum absolute atomic E-state index is 0.106. The van der Waals surface area contributed by atoms with E-state index in [-0.39, 0.29) is 11.9 Å². The molecule has 0 aromatic heterocycles. The first-order valence-corrected chi connectivity index (χ1v) is 12.6. The van der Waals surface area contributed by atoms with Crippen molar-refractivity contribution in [2.75, 3.05) is 6.61 Å². The number of hydrogen-bond acceptors (Lipinski definition) is 3. The van der Waals surface area contributed by atoms with Crippen molar-refractivity contribution >= 4 is 11.9 Å². The van der Waals surface area contributed by atoms with Crippen molar-refractivity contribution in [1.29, 1.82) is 0 Å². The number of carbonyl (C=O) groups excluding carboxylic acids is 2. The fourth-order valence-electron chi connectivity index (χ4n) is 3.65. The fraction of sp³-hybridized carbons (Fsp3) is 0.920. The Bertz CT molecular complexity index is 371. The van der Waals surface area contributed by atoms with Crippen molar-refractivity contribution in [2.45, 2.75) is 142 Å². The number of ether oxygens (including phenoxy) is 1. The molecular weight excluding hydrogens is 362 g/mol. The average molecular weight is 412 g/mol. The predicted molar refractivity (Wildman–Crippen MR) is 123 cm³/mol. The molecule has 0 heterocycles. The largest absolute Gasteiger partial charge is 0.466 e. The number of unbranched alkanes of at least 4 members (excludes halogenated alkanes) is 17. The third kappa shape index (κ3) is 24.9. The minimum atomic E-state index is -0.268. The number of carbonyl (C=O) groups is 2. The van der Waals surface area contributed by atoms with Crippen molar-refractivity contribution in [3.63, 3.8) is 0 Å². The lowest BCUT2D eigenvalue weighted by atomic mass is 10.0. The van der Waals surface area contributed by atoms with Gasteiger partial charge < -0.3 is 10.5 Å². The van der Waals surface area contributed by atoms with E-state index in [9.17, 15) is 9.59 Å². The number of rotatable bonds is 23. The van der Waals surface area contributed by atoms with E-state index >= 15 is 0 Å². The quantitative estimate of drug-likeness (QED) is 0.142. The van der Waals surface area contributed by atoms with Gasteiger partial charge in [0, 0.05) is 12.8 Å². The molecule has 0 saturated heterocycles. The molecule has 0 fully saturated rings. The van der Waals surface area contributed by atoms with Crippen molar-refractivity contribution in [3.05, 3.63) is 0 Å². The molecule has 0 spiro atoms. The van der Waals surface area contributed by atoms with Crippen LogP contribution in [-0.4, -0.2) is 18.5 Å². The number of esters is 1. The fourth-order valence-corrected chi connectivity index (χ4v) is 3.65. The van der Waals surface area contributed by atoms with Crippen molar-refractivity contribution in [2.24, 2.45) is 5.73 Å². The maximum absolute atomic E-state index is 11.6. The van der Waals surface area contributed by atoms with Gasteiger partial charge in [-0.15, -0.1) is 0 Å². The summed E-state index contributed by atoms with van der Waals surface area (Å²) < 4.78 is 5.26. The summed E-state index contributed by atoms with van der Waals surface area (Å²) in [5, 5.41) is 0. The molecule has 4 heteroatoms. The lowest BCUT2D eigenvalue weighted by Crippen LogP contribution is -2.10. The van der Waals surface area contributed by atoms with Gasteiger partial charge in [0.15, 0.2) is 0 Å². The number of primary amides is 1. The number of nitrogens with two attached hydrogens (primary N) is 1. The highest BCUT2D eigenvalue weighted by Gasteiger charge is 2.03. The van der Waals surface area contributed by atoms with E-state index < -0.39 is 0 Å². The molecule has 0 unspecified atom stereocenters. The molecule has 4 nitrogen and oxygen atoms in total. The monoisotopic (exact) mass is 411 g/mol.